The van der Waals surface area contributed by atoms with Crippen LogP contribution in [0.25, 0.3) is 0 Å². The highest BCUT2D eigenvalue weighted by atomic mass is 35.5. The fraction of sp³-hybridized carbons (Fsp3) is 0.519. The molecule has 1 saturated heterocycles. The van der Waals surface area contributed by atoms with Gasteiger partial charge >= 0.3 is 0 Å². The minimum Gasteiger partial charge on any atom is -0.491 e. The van der Waals surface area contributed by atoms with E-state index in [2.05, 4.69) is 30.9 Å². The SMILES string of the molecule is CCC(CC)N1CCC(CN2C(=O)C3(COc4cc5c(cc43)OCO5)c3ccccc32)CC1.Cl. The first-order valence-electron chi connectivity index (χ1n) is 12.4. The molecule has 1 atom stereocenters. The molecule has 1 amide bonds. The molecule has 4 aliphatic heterocycles. The summed E-state index contributed by atoms with van der Waals surface area (Å²) < 4.78 is 17.3. The second-order valence-electron chi connectivity index (χ2n) is 9.78. The Morgan fingerprint density at radius 1 is 0.971 bits per heavy atom. The summed E-state index contributed by atoms with van der Waals surface area (Å²) in [5, 5.41) is 0. The number of carbonyl (C=O) groups is 1. The van der Waals surface area contributed by atoms with E-state index in [4.69, 9.17) is 14.2 Å². The van der Waals surface area contributed by atoms with E-state index in [1.54, 1.807) is 0 Å². The number of hydrogen-bond acceptors (Lipinski definition) is 5. The summed E-state index contributed by atoms with van der Waals surface area (Å²) in [6.07, 6.45) is 4.70. The zero-order valence-electron chi connectivity index (χ0n) is 19.9. The molecule has 1 fully saturated rings. The Morgan fingerprint density at radius 2 is 1.68 bits per heavy atom. The fourth-order valence-corrected chi connectivity index (χ4v) is 6.31. The summed E-state index contributed by atoms with van der Waals surface area (Å²) >= 11 is 0. The molecule has 34 heavy (non-hydrogen) atoms. The zero-order chi connectivity index (χ0) is 22.6. The summed E-state index contributed by atoms with van der Waals surface area (Å²) in [4.78, 5) is 18.8. The van der Waals surface area contributed by atoms with Crippen molar-refractivity contribution in [3.05, 3.63) is 47.5 Å². The third kappa shape index (κ3) is 3.37. The summed E-state index contributed by atoms with van der Waals surface area (Å²) in [6.45, 7) is 8.13. The highest BCUT2D eigenvalue weighted by Gasteiger charge is 2.57. The smallest absolute Gasteiger partial charge is 0.245 e. The van der Waals surface area contributed by atoms with Crippen LogP contribution < -0.4 is 19.1 Å². The molecule has 0 bridgehead atoms. The van der Waals surface area contributed by atoms with Crippen LogP contribution >= 0.6 is 12.4 Å². The van der Waals surface area contributed by atoms with Gasteiger partial charge in [-0.2, -0.15) is 0 Å². The molecular formula is C27H33ClN2O4. The maximum Gasteiger partial charge on any atom is 0.245 e. The minimum atomic E-state index is -0.802. The van der Waals surface area contributed by atoms with Crippen LogP contribution in [0.3, 0.4) is 0 Å². The van der Waals surface area contributed by atoms with Crippen LogP contribution in [0.15, 0.2) is 36.4 Å². The number of likely N-dealkylation sites (tertiary alicyclic amines) is 1. The predicted molar refractivity (Wildman–Crippen MR) is 134 cm³/mol. The predicted octanol–water partition coefficient (Wildman–Crippen LogP) is 4.76. The second kappa shape index (κ2) is 8.97. The lowest BCUT2D eigenvalue weighted by molar-refractivity contribution is -0.122. The molecule has 0 N–H and O–H groups in total. The van der Waals surface area contributed by atoms with E-state index in [-0.39, 0.29) is 25.1 Å². The molecule has 1 spiro atoms. The number of nitrogens with zero attached hydrogens (tertiary/aromatic N) is 2. The van der Waals surface area contributed by atoms with E-state index in [1.807, 2.05) is 29.2 Å². The van der Waals surface area contributed by atoms with Crippen molar-refractivity contribution in [2.24, 2.45) is 5.92 Å². The van der Waals surface area contributed by atoms with Gasteiger partial charge in [-0.25, -0.2) is 0 Å². The van der Waals surface area contributed by atoms with E-state index in [9.17, 15) is 4.79 Å². The molecule has 4 aliphatic rings. The van der Waals surface area contributed by atoms with Gasteiger partial charge in [0.1, 0.15) is 17.8 Å². The highest BCUT2D eigenvalue weighted by molar-refractivity contribution is 6.11. The number of anilines is 1. The van der Waals surface area contributed by atoms with Gasteiger partial charge in [0.25, 0.3) is 0 Å². The van der Waals surface area contributed by atoms with Gasteiger partial charge in [-0.3, -0.25) is 4.79 Å². The van der Waals surface area contributed by atoms with Crippen LogP contribution in [-0.2, 0) is 10.2 Å². The number of benzene rings is 2. The van der Waals surface area contributed by atoms with Gasteiger partial charge in [0, 0.05) is 29.9 Å². The van der Waals surface area contributed by atoms with Crippen LogP contribution in [0.4, 0.5) is 5.69 Å². The number of ether oxygens (including phenoxy) is 3. The van der Waals surface area contributed by atoms with Gasteiger partial charge in [-0.15, -0.1) is 12.4 Å². The van der Waals surface area contributed by atoms with E-state index < -0.39 is 5.41 Å². The molecule has 0 radical (unpaired) electrons. The van der Waals surface area contributed by atoms with Gasteiger partial charge < -0.3 is 24.0 Å². The Hall–Kier alpha value is -2.44. The van der Waals surface area contributed by atoms with E-state index in [1.165, 1.54) is 12.8 Å². The highest BCUT2D eigenvalue weighted by Crippen LogP contribution is 2.55. The number of piperidine rings is 1. The van der Waals surface area contributed by atoms with E-state index in [0.29, 0.717) is 30.1 Å². The number of para-hydroxylation sites is 1. The van der Waals surface area contributed by atoms with Crippen LogP contribution in [-0.4, -0.2) is 49.9 Å². The van der Waals surface area contributed by atoms with Crippen LogP contribution in [0, 0.1) is 5.92 Å². The van der Waals surface area contributed by atoms with Gasteiger partial charge in [0.15, 0.2) is 11.5 Å². The minimum absolute atomic E-state index is 0. The Balaban J connectivity index is 0.00000241. The van der Waals surface area contributed by atoms with Crippen molar-refractivity contribution >= 4 is 24.0 Å². The van der Waals surface area contributed by atoms with Gasteiger partial charge in [0.05, 0.1) is 0 Å². The standard InChI is InChI=1S/C27H32N2O4.ClH/c1-3-19(4-2)28-11-9-18(10-12-28)15-29-22-8-6-5-7-20(22)27(26(29)30)16-31-23-14-25-24(13-21(23)27)32-17-33-25;/h5-8,13-14,18-19H,3-4,9-12,15-17H2,1-2H3;1H. The second-order valence-corrected chi connectivity index (χ2v) is 9.78. The molecule has 0 saturated carbocycles. The fourth-order valence-electron chi connectivity index (χ4n) is 6.31. The topological polar surface area (TPSA) is 51.2 Å². The third-order valence-corrected chi connectivity index (χ3v) is 8.19. The largest absolute Gasteiger partial charge is 0.491 e. The quantitative estimate of drug-likeness (QED) is 0.612. The van der Waals surface area contributed by atoms with Crippen LogP contribution in [0.2, 0.25) is 0 Å². The van der Waals surface area contributed by atoms with Crippen molar-refractivity contribution in [3.8, 4) is 17.2 Å². The molecule has 2 aromatic carbocycles. The Morgan fingerprint density at radius 3 is 2.41 bits per heavy atom. The monoisotopic (exact) mass is 484 g/mol. The lowest BCUT2D eigenvalue weighted by atomic mass is 9.77. The maximum absolute atomic E-state index is 14.2. The molecule has 6 nitrogen and oxygen atoms in total. The lowest BCUT2D eigenvalue weighted by Gasteiger charge is -2.38. The number of fused-ring (bicyclic) bond motifs is 5. The lowest BCUT2D eigenvalue weighted by Crippen LogP contribution is -2.46. The van der Waals surface area contributed by atoms with Crippen molar-refractivity contribution in [1.82, 2.24) is 4.90 Å². The summed E-state index contributed by atoms with van der Waals surface area (Å²) in [7, 11) is 0. The van der Waals surface area contributed by atoms with Crippen LogP contribution in [0.1, 0.15) is 50.7 Å². The summed E-state index contributed by atoms with van der Waals surface area (Å²) in [6, 6.07) is 12.7. The third-order valence-electron chi connectivity index (χ3n) is 8.19. The first kappa shape index (κ1) is 23.3. The Kier molecular flexibility index (Phi) is 6.15. The number of carbonyl (C=O) groups excluding carboxylic acids is 1. The molecule has 6 rings (SSSR count). The maximum atomic E-state index is 14.2. The first-order chi connectivity index (χ1) is 16.2. The number of hydrogen-bond donors (Lipinski definition) is 0. The van der Waals surface area contributed by atoms with Crippen molar-refractivity contribution < 1.29 is 19.0 Å². The number of rotatable bonds is 5. The average Bonchev–Trinajstić information content (AvgIpc) is 3.52. The van der Waals surface area contributed by atoms with E-state index >= 15 is 0 Å². The Bertz CT molecular complexity index is 1080. The van der Waals surface area contributed by atoms with Crippen molar-refractivity contribution in [1.29, 1.82) is 0 Å². The molecule has 1 unspecified atom stereocenters. The van der Waals surface area contributed by atoms with Gasteiger partial charge in [0.2, 0.25) is 12.7 Å². The molecule has 182 valence electrons. The summed E-state index contributed by atoms with van der Waals surface area (Å²) in [5.74, 6) is 2.74. The van der Waals surface area contributed by atoms with Crippen molar-refractivity contribution in [2.45, 2.75) is 51.0 Å². The molecule has 2 aromatic rings. The van der Waals surface area contributed by atoms with Crippen molar-refractivity contribution in [3.63, 3.8) is 0 Å². The normalized spacial score (nSPS) is 23.3. The molecule has 0 aromatic heterocycles. The van der Waals surface area contributed by atoms with Crippen molar-refractivity contribution in [2.75, 3.05) is 37.9 Å². The van der Waals surface area contributed by atoms with Gasteiger partial charge in [-0.1, -0.05) is 32.0 Å². The number of amides is 1. The number of halogens is 1. The molecular weight excluding hydrogens is 452 g/mol. The molecule has 0 aliphatic carbocycles. The zero-order valence-corrected chi connectivity index (χ0v) is 20.7. The first-order valence-corrected chi connectivity index (χ1v) is 12.4. The molecule has 4 heterocycles. The van der Waals surface area contributed by atoms with E-state index in [0.717, 1.165) is 55.0 Å². The van der Waals surface area contributed by atoms with Gasteiger partial charge in [-0.05, 0) is 62.4 Å². The summed E-state index contributed by atoms with van der Waals surface area (Å²) in [5.41, 5.74) is 2.17. The molecule has 7 heteroatoms. The Labute approximate surface area is 207 Å². The van der Waals surface area contributed by atoms with Crippen LogP contribution in [0.5, 0.6) is 17.2 Å². The average molecular weight is 485 g/mol.